The Labute approximate surface area is 98.0 Å². The van der Waals surface area contributed by atoms with E-state index in [4.69, 9.17) is 10.5 Å². The molecule has 0 bridgehead atoms. The molecule has 1 amide bonds. The Balaban J connectivity index is 2.42. The van der Waals surface area contributed by atoms with Crippen molar-refractivity contribution in [2.75, 3.05) is 28.6 Å². The fraction of sp³-hybridized carbons (Fsp3) is 0.222. The molecule has 0 aliphatic carbocycles. The normalized spacial score (nSPS) is 14.5. The van der Waals surface area contributed by atoms with Gasteiger partial charge in [0, 0.05) is 6.07 Å². The maximum Gasteiger partial charge on any atom is 0.262 e. The molecular formula is C9H11N3O4S. The summed E-state index contributed by atoms with van der Waals surface area (Å²) in [5, 5.41) is 2.56. The van der Waals surface area contributed by atoms with Crippen LogP contribution in [-0.2, 0) is 14.8 Å². The third kappa shape index (κ3) is 2.59. The monoisotopic (exact) mass is 257 g/mol. The van der Waals surface area contributed by atoms with Gasteiger partial charge in [-0.2, -0.15) is 0 Å². The Hall–Kier alpha value is -1.96. The molecule has 1 aromatic carbocycles. The zero-order chi connectivity index (χ0) is 12.6. The second-order valence-corrected chi connectivity index (χ2v) is 5.40. The SMILES string of the molecule is CS(=O)(=O)Nc1cc2c(cc1N)OCC(=O)N2. The van der Waals surface area contributed by atoms with Gasteiger partial charge in [0.15, 0.2) is 6.61 Å². The zero-order valence-corrected chi connectivity index (χ0v) is 9.80. The van der Waals surface area contributed by atoms with E-state index in [-0.39, 0.29) is 23.9 Å². The number of nitrogen functional groups attached to an aromatic ring is 1. The minimum atomic E-state index is -3.42. The van der Waals surface area contributed by atoms with E-state index in [2.05, 4.69) is 10.0 Å². The highest BCUT2D eigenvalue weighted by atomic mass is 32.2. The van der Waals surface area contributed by atoms with Gasteiger partial charge in [0.25, 0.3) is 5.91 Å². The number of carbonyl (C=O) groups is 1. The molecule has 0 saturated carbocycles. The van der Waals surface area contributed by atoms with Crippen LogP contribution in [0, 0.1) is 0 Å². The lowest BCUT2D eigenvalue weighted by molar-refractivity contribution is -0.118. The van der Waals surface area contributed by atoms with E-state index in [9.17, 15) is 13.2 Å². The van der Waals surface area contributed by atoms with Gasteiger partial charge in [-0.25, -0.2) is 8.42 Å². The summed E-state index contributed by atoms with van der Waals surface area (Å²) in [4.78, 5) is 11.1. The van der Waals surface area contributed by atoms with Crippen molar-refractivity contribution in [2.24, 2.45) is 0 Å². The summed E-state index contributed by atoms with van der Waals surface area (Å²) in [5.41, 5.74) is 6.49. The number of nitrogens with two attached hydrogens (primary N) is 1. The number of hydrogen-bond donors (Lipinski definition) is 3. The molecule has 7 nitrogen and oxygen atoms in total. The number of ether oxygens (including phenoxy) is 1. The highest BCUT2D eigenvalue weighted by Gasteiger charge is 2.18. The standard InChI is InChI=1S/C9H11N3O4S/c1-17(14,15)12-6-3-7-8(2-5(6)10)16-4-9(13)11-7/h2-3,12H,4,10H2,1H3,(H,11,13). The van der Waals surface area contributed by atoms with Gasteiger partial charge in [-0.15, -0.1) is 0 Å². The van der Waals surface area contributed by atoms with E-state index >= 15 is 0 Å². The van der Waals surface area contributed by atoms with Crippen LogP contribution < -0.4 is 20.5 Å². The summed E-state index contributed by atoms with van der Waals surface area (Å²) in [7, 11) is -3.42. The van der Waals surface area contributed by atoms with Crippen LogP contribution in [0.3, 0.4) is 0 Å². The summed E-state index contributed by atoms with van der Waals surface area (Å²) < 4.78 is 29.6. The fourth-order valence-corrected chi connectivity index (χ4v) is 2.01. The Morgan fingerprint density at radius 1 is 1.47 bits per heavy atom. The molecule has 1 aliphatic rings. The summed E-state index contributed by atoms with van der Waals surface area (Å²) in [6.07, 6.45) is 1.01. The van der Waals surface area contributed by atoms with Crippen molar-refractivity contribution >= 4 is 33.0 Å². The van der Waals surface area contributed by atoms with Gasteiger partial charge in [-0.3, -0.25) is 9.52 Å². The second-order valence-electron chi connectivity index (χ2n) is 3.65. The van der Waals surface area contributed by atoms with Crippen molar-refractivity contribution in [2.45, 2.75) is 0 Å². The first-order valence-corrected chi connectivity index (χ1v) is 6.58. The summed E-state index contributed by atoms with van der Waals surface area (Å²) in [6, 6.07) is 2.88. The maximum absolute atomic E-state index is 11.1. The molecule has 0 spiro atoms. The Kier molecular flexibility index (Phi) is 2.58. The summed E-state index contributed by atoms with van der Waals surface area (Å²) in [6.45, 7) is -0.0781. The fourth-order valence-electron chi connectivity index (χ4n) is 1.43. The average Bonchev–Trinajstić information content (AvgIpc) is 2.17. The highest BCUT2D eigenvalue weighted by molar-refractivity contribution is 7.92. The highest BCUT2D eigenvalue weighted by Crippen LogP contribution is 2.35. The van der Waals surface area contributed by atoms with Crippen LogP contribution in [0.2, 0.25) is 0 Å². The number of anilines is 3. The Morgan fingerprint density at radius 2 is 2.18 bits per heavy atom. The summed E-state index contributed by atoms with van der Waals surface area (Å²) >= 11 is 0. The number of sulfonamides is 1. The van der Waals surface area contributed by atoms with Gasteiger partial charge in [0.2, 0.25) is 10.0 Å². The number of amides is 1. The van der Waals surface area contributed by atoms with Gasteiger partial charge >= 0.3 is 0 Å². The van der Waals surface area contributed by atoms with E-state index in [1.54, 1.807) is 0 Å². The lowest BCUT2D eigenvalue weighted by atomic mass is 10.2. The van der Waals surface area contributed by atoms with Gasteiger partial charge in [0.05, 0.1) is 23.3 Å². The van der Waals surface area contributed by atoms with E-state index in [1.807, 2.05) is 0 Å². The van der Waals surface area contributed by atoms with Crippen molar-refractivity contribution in [3.05, 3.63) is 12.1 Å². The molecule has 4 N–H and O–H groups in total. The third-order valence-corrected chi connectivity index (χ3v) is 2.67. The van der Waals surface area contributed by atoms with Crippen LogP contribution in [0.4, 0.5) is 17.1 Å². The van der Waals surface area contributed by atoms with Gasteiger partial charge in [-0.1, -0.05) is 0 Å². The van der Waals surface area contributed by atoms with E-state index in [0.29, 0.717) is 11.4 Å². The quantitative estimate of drug-likeness (QED) is 0.644. The van der Waals surface area contributed by atoms with Crippen molar-refractivity contribution < 1.29 is 17.9 Å². The van der Waals surface area contributed by atoms with Crippen LogP contribution in [0.15, 0.2) is 12.1 Å². The first-order chi connectivity index (χ1) is 7.85. The Morgan fingerprint density at radius 3 is 2.82 bits per heavy atom. The van der Waals surface area contributed by atoms with Crippen molar-refractivity contribution in [1.29, 1.82) is 0 Å². The first-order valence-electron chi connectivity index (χ1n) is 4.69. The molecule has 1 heterocycles. The van der Waals surface area contributed by atoms with Gasteiger partial charge in [-0.05, 0) is 6.07 Å². The molecule has 0 atom stereocenters. The number of benzene rings is 1. The minimum Gasteiger partial charge on any atom is -0.482 e. The molecule has 92 valence electrons. The molecule has 2 rings (SSSR count). The Bertz CT molecular complexity index is 582. The number of nitrogens with one attached hydrogen (secondary N) is 2. The number of rotatable bonds is 2. The van der Waals surface area contributed by atoms with Crippen LogP contribution >= 0.6 is 0 Å². The largest absolute Gasteiger partial charge is 0.482 e. The zero-order valence-electron chi connectivity index (χ0n) is 8.98. The minimum absolute atomic E-state index is 0.0781. The van der Waals surface area contributed by atoms with Crippen LogP contribution in [0.5, 0.6) is 5.75 Å². The average molecular weight is 257 g/mol. The molecule has 1 aliphatic heterocycles. The van der Waals surface area contributed by atoms with Gasteiger partial charge in [0.1, 0.15) is 5.75 Å². The molecule has 0 fully saturated rings. The maximum atomic E-state index is 11.1. The molecule has 0 aromatic heterocycles. The van der Waals surface area contributed by atoms with Crippen molar-refractivity contribution in [3.63, 3.8) is 0 Å². The van der Waals surface area contributed by atoms with E-state index in [0.717, 1.165) is 6.26 Å². The molecule has 0 saturated heterocycles. The number of fused-ring (bicyclic) bond motifs is 1. The smallest absolute Gasteiger partial charge is 0.262 e. The van der Waals surface area contributed by atoms with Gasteiger partial charge < -0.3 is 15.8 Å². The first kappa shape index (κ1) is 11.5. The van der Waals surface area contributed by atoms with Crippen molar-refractivity contribution in [1.82, 2.24) is 0 Å². The van der Waals surface area contributed by atoms with E-state index < -0.39 is 10.0 Å². The lowest BCUT2D eigenvalue weighted by Gasteiger charge is -2.19. The predicted octanol–water partition coefficient (Wildman–Crippen LogP) is -0.0288. The third-order valence-electron chi connectivity index (χ3n) is 2.08. The molecule has 8 heteroatoms. The van der Waals surface area contributed by atoms with E-state index in [1.165, 1.54) is 12.1 Å². The topological polar surface area (TPSA) is 111 Å². The lowest BCUT2D eigenvalue weighted by Crippen LogP contribution is -2.25. The molecular weight excluding hydrogens is 246 g/mol. The second kappa shape index (κ2) is 3.81. The van der Waals surface area contributed by atoms with Crippen molar-refractivity contribution in [3.8, 4) is 5.75 Å². The predicted molar refractivity (Wildman–Crippen MR) is 63.4 cm³/mol. The van der Waals surface area contributed by atoms with Crippen LogP contribution in [0.25, 0.3) is 0 Å². The molecule has 0 unspecified atom stereocenters. The molecule has 1 aromatic rings. The van der Waals surface area contributed by atoms with Crippen LogP contribution in [0.1, 0.15) is 0 Å². The molecule has 0 radical (unpaired) electrons. The number of carbonyl (C=O) groups excluding carboxylic acids is 1. The number of hydrogen-bond acceptors (Lipinski definition) is 5. The molecule has 17 heavy (non-hydrogen) atoms. The van der Waals surface area contributed by atoms with Crippen LogP contribution in [-0.4, -0.2) is 27.2 Å². The summed E-state index contributed by atoms with van der Waals surface area (Å²) in [5.74, 6) is 0.119.